The molecular weight excluding hydrogens is 430 g/mol. The van der Waals surface area contributed by atoms with Crippen LogP contribution in [-0.4, -0.2) is 74.2 Å². The van der Waals surface area contributed by atoms with Crippen molar-refractivity contribution in [3.05, 3.63) is 23.4 Å². The van der Waals surface area contributed by atoms with Crippen molar-refractivity contribution in [1.82, 2.24) is 9.88 Å². The Morgan fingerprint density at radius 3 is 2.76 bits per heavy atom. The molecule has 2 heterocycles. The van der Waals surface area contributed by atoms with Crippen molar-refractivity contribution >= 4 is 16.6 Å². The smallest absolute Gasteiger partial charge is 0.163 e. The molecule has 0 amide bonds. The Balaban J connectivity index is 1.36. The van der Waals surface area contributed by atoms with Gasteiger partial charge in [0.1, 0.15) is 12.7 Å². The molecule has 1 aromatic carbocycles. The van der Waals surface area contributed by atoms with Crippen LogP contribution in [0.3, 0.4) is 0 Å². The summed E-state index contributed by atoms with van der Waals surface area (Å²) in [5, 5.41) is 14.0. The molecule has 1 aromatic heterocycles. The zero-order chi connectivity index (χ0) is 23.3. The third-order valence-electron chi connectivity index (χ3n) is 7.30. The lowest BCUT2D eigenvalue weighted by molar-refractivity contribution is -0.00347. The van der Waals surface area contributed by atoms with E-state index in [2.05, 4.69) is 16.3 Å². The van der Waals surface area contributed by atoms with Crippen LogP contribution in [0.5, 0.6) is 11.5 Å². The number of anilines is 1. The fourth-order valence-electron chi connectivity index (χ4n) is 5.22. The van der Waals surface area contributed by atoms with Crippen molar-refractivity contribution < 1.29 is 19.3 Å². The first-order chi connectivity index (χ1) is 16.7. The highest BCUT2D eigenvalue weighted by Crippen LogP contribution is 2.40. The summed E-state index contributed by atoms with van der Waals surface area (Å²) in [6, 6.07) is 4.13. The number of aliphatic hydroxyl groups excluding tert-OH is 1. The van der Waals surface area contributed by atoms with E-state index >= 15 is 0 Å². The maximum atomic E-state index is 9.15. The van der Waals surface area contributed by atoms with Gasteiger partial charge in [-0.1, -0.05) is 0 Å². The van der Waals surface area contributed by atoms with Gasteiger partial charge in [0.05, 0.1) is 12.6 Å². The van der Waals surface area contributed by atoms with Gasteiger partial charge in [0, 0.05) is 49.1 Å². The predicted molar refractivity (Wildman–Crippen MR) is 134 cm³/mol. The molecule has 1 unspecified atom stereocenters. The van der Waals surface area contributed by atoms with Crippen molar-refractivity contribution in [2.45, 2.75) is 57.5 Å². The van der Waals surface area contributed by atoms with Crippen LogP contribution in [0.1, 0.15) is 49.8 Å². The number of nitrogens with one attached hydrogen (secondary N) is 1. The summed E-state index contributed by atoms with van der Waals surface area (Å²) < 4.78 is 18.1. The largest absolute Gasteiger partial charge is 0.493 e. The summed E-state index contributed by atoms with van der Waals surface area (Å²) in [6.07, 6.45) is 9.05. The second-order valence-electron chi connectivity index (χ2n) is 10.00. The Morgan fingerprint density at radius 1 is 1.15 bits per heavy atom. The Labute approximate surface area is 202 Å². The van der Waals surface area contributed by atoms with Crippen LogP contribution >= 0.6 is 0 Å². The molecule has 1 atom stereocenters. The number of rotatable bonds is 13. The van der Waals surface area contributed by atoms with Gasteiger partial charge in [0.25, 0.3) is 0 Å². The molecule has 2 aliphatic carbocycles. The standard InChI is InChI=1S/C27H39N3O4/c1-32-25-14-22-24(29-23-7-4-6-21(23)27(22)28-16-19-8-9-19)15-26(25)34-18-20(33-13-5-12-31)17-30-10-2-3-11-30/h14-15,19-20,31H,2-13,16-18H2,1H3,(H,28,29). The molecular formula is C27H39N3O4. The van der Waals surface area contributed by atoms with Gasteiger partial charge in [-0.2, -0.15) is 0 Å². The summed E-state index contributed by atoms with van der Waals surface area (Å²) in [7, 11) is 1.70. The van der Waals surface area contributed by atoms with Gasteiger partial charge in [-0.3, -0.25) is 4.98 Å². The zero-order valence-corrected chi connectivity index (χ0v) is 20.5. The minimum absolute atomic E-state index is 0.0474. The van der Waals surface area contributed by atoms with Gasteiger partial charge >= 0.3 is 0 Å². The second-order valence-corrected chi connectivity index (χ2v) is 10.00. The number of aromatic nitrogens is 1. The first kappa shape index (κ1) is 23.6. The monoisotopic (exact) mass is 469 g/mol. The van der Waals surface area contributed by atoms with E-state index < -0.39 is 0 Å². The molecule has 34 heavy (non-hydrogen) atoms. The Hall–Kier alpha value is -2.09. The van der Waals surface area contributed by atoms with E-state index in [9.17, 15) is 0 Å². The average molecular weight is 470 g/mol. The molecule has 2 fully saturated rings. The SMILES string of the molecule is COc1cc2c(NCC3CC3)c3c(nc2cc1OCC(CN1CCCC1)OCCCO)CCC3. The fraction of sp³-hybridized carbons (Fsp3) is 0.667. The molecule has 7 nitrogen and oxygen atoms in total. The van der Waals surface area contributed by atoms with E-state index in [0.717, 1.165) is 61.6 Å². The van der Waals surface area contributed by atoms with Crippen molar-refractivity contribution in [2.75, 3.05) is 58.4 Å². The molecule has 3 aliphatic rings. The maximum absolute atomic E-state index is 9.15. The van der Waals surface area contributed by atoms with E-state index in [-0.39, 0.29) is 12.7 Å². The van der Waals surface area contributed by atoms with Crippen molar-refractivity contribution in [2.24, 2.45) is 5.92 Å². The summed E-state index contributed by atoms with van der Waals surface area (Å²) in [4.78, 5) is 7.46. The minimum Gasteiger partial charge on any atom is -0.493 e. The van der Waals surface area contributed by atoms with Gasteiger partial charge in [0.15, 0.2) is 11.5 Å². The topological polar surface area (TPSA) is 76.1 Å². The molecule has 5 rings (SSSR count). The van der Waals surface area contributed by atoms with E-state index in [1.165, 1.54) is 49.0 Å². The second kappa shape index (κ2) is 11.1. The number of nitrogens with zero attached hydrogens (tertiary/aromatic N) is 2. The number of aryl methyl sites for hydroxylation is 1. The van der Waals surface area contributed by atoms with Crippen molar-refractivity contribution in [3.8, 4) is 11.5 Å². The summed E-state index contributed by atoms with van der Waals surface area (Å²) in [6.45, 7) is 5.24. The van der Waals surface area contributed by atoms with Gasteiger partial charge in [0.2, 0.25) is 0 Å². The Kier molecular flexibility index (Phi) is 7.72. The number of pyridine rings is 1. The summed E-state index contributed by atoms with van der Waals surface area (Å²) in [5.74, 6) is 2.26. The number of likely N-dealkylation sites (tertiary alicyclic amines) is 1. The highest BCUT2D eigenvalue weighted by Gasteiger charge is 2.25. The van der Waals surface area contributed by atoms with Gasteiger partial charge in [-0.05, 0) is 82.0 Å². The highest BCUT2D eigenvalue weighted by atomic mass is 16.5. The number of ether oxygens (including phenoxy) is 3. The number of hydrogen-bond acceptors (Lipinski definition) is 7. The molecule has 1 aliphatic heterocycles. The van der Waals surface area contributed by atoms with Crippen molar-refractivity contribution in [1.29, 1.82) is 0 Å². The third-order valence-corrected chi connectivity index (χ3v) is 7.30. The predicted octanol–water partition coefficient (Wildman–Crippen LogP) is 3.80. The van der Waals surface area contributed by atoms with Crippen LogP contribution in [-0.2, 0) is 17.6 Å². The van der Waals surface area contributed by atoms with Crippen LogP contribution in [0.25, 0.3) is 10.9 Å². The lowest BCUT2D eigenvalue weighted by Gasteiger charge is -2.24. The third kappa shape index (κ3) is 5.58. The fourth-order valence-corrected chi connectivity index (χ4v) is 5.22. The number of benzene rings is 1. The molecule has 0 bridgehead atoms. The molecule has 2 N–H and O–H groups in total. The Bertz CT molecular complexity index is 972. The number of hydrogen-bond donors (Lipinski definition) is 2. The van der Waals surface area contributed by atoms with E-state index in [1.54, 1.807) is 7.11 Å². The van der Waals surface area contributed by atoms with Gasteiger partial charge < -0.3 is 29.5 Å². The highest BCUT2D eigenvalue weighted by molar-refractivity contribution is 5.96. The van der Waals surface area contributed by atoms with Crippen LogP contribution in [0, 0.1) is 5.92 Å². The molecule has 0 radical (unpaired) electrons. The molecule has 7 heteroatoms. The van der Waals surface area contributed by atoms with E-state index in [4.69, 9.17) is 24.3 Å². The van der Waals surface area contributed by atoms with Crippen LogP contribution < -0.4 is 14.8 Å². The number of methoxy groups -OCH3 is 1. The van der Waals surface area contributed by atoms with Crippen molar-refractivity contribution in [3.63, 3.8) is 0 Å². The zero-order valence-electron chi connectivity index (χ0n) is 20.5. The molecule has 1 saturated heterocycles. The van der Waals surface area contributed by atoms with E-state index in [0.29, 0.717) is 25.4 Å². The van der Waals surface area contributed by atoms with Gasteiger partial charge in [-0.25, -0.2) is 0 Å². The molecule has 2 aromatic rings. The minimum atomic E-state index is -0.0474. The first-order valence-corrected chi connectivity index (χ1v) is 13.1. The average Bonchev–Trinajstić information content (AvgIpc) is 3.31. The Morgan fingerprint density at radius 2 is 2.00 bits per heavy atom. The van der Waals surface area contributed by atoms with Crippen LogP contribution in [0.4, 0.5) is 5.69 Å². The van der Waals surface area contributed by atoms with Crippen LogP contribution in [0.2, 0.25) is 0 Å². The normalized spacial score (nSPS) is 18.9. The van der Waals surface area contributed by atoms with Gasteiger partial charge in [-0.15, -0.1) is 0 Å². The van der Waals surface area contributed by atoms with Crippen LogP contribution in [0.15, 0.2) is 12.1 Å². The lowest BCUT2D eigenvalue weighted by Crippen LogP contribution is -2.36. The quantitative estimate of drug-likeness (QED) is 0.432. The molecule has 186 valence electrons. The summed E-state index contributed by atoms with van der Waals surface area (Å²) >= 11 is 0. The number of fused-ring (bicyclic) bond motifs is 2. The molecule has 1 saturated carbocycles. The lowest BCUT2D eigenvalue weighted by atomic mass is 10.1. The summed E-state index contributed by atoms with van der Waals surface area (Å²) in [5.41, 5.74) is 4.81. The van der Waals surface area contributed by atoms with E-state index in [1.807, 2.05) is 6.07 Å². The number of aliphatic hydroxyl groups is 1. The maximum Gasteiger partial charge on any atom is 0.163 e. The first-order valence-electron chi connectivity index (χ1n) is 13.1. The molecule has 0 spiro atoms.